The maximum Gasteiger partial charge on any atom is 0.414 e. The molecule has 3 amide bonds. The molecule has 3 rings (SSSR count). The van der Waals surface area contributed by atoms with E-state index in [4.69, 9.17) is 4.74 Å². The van der Waals surface area contributed by atoms with Crippen LogP contribution in [-0.4, -0.2) is 67.8 Å². The predicted molar refractivity (Wildman–Crippen MR) is 91.1 cm³/mol. The number of carbonyl (C=O) groups excluding carboxylic acids is 2. The first-order chi connectivity index (χ1) is 11.7. The van der Waals surface area contributed by atoms with E-state index >= 15 is 0 Å². The summed E-state index contributed by atoms with van der Waals surface area (Å²) in [6.07, 6.45) is -0.315. The van der Waals surface area contributed by atoms with Gasteiger partial charge in [-0.15, -0.1) is 0 Å². The molecule has 0 aliphatic carbocycles. The molecule has 2 aliphatic heterocycles. The molecule has 130 valence electrons. The lowest BCUT2D eigenvalue weighted by Crippen LogP contribution is -2.51. The van der Waals surface area contributed by atoms with Gasteiger partial charge in [0, 0.05) is 38.4 Å². The second kappa shape index (κ2) is 7.53. The number of nitrogens with zero attached hydrogens (tertiary/aromatic N) is 3. The largest absolute Gasteiger partial charge is 0.447 e. The van der Waals surface area contributed by atoms with Crippen molar-refractivity contribution in [2.45, 2.75) is 13.5 Å². The Balaban J connectivity index is 1.53. The van der Waals surface area contributed by atoms with E-state index in [2.05, 4.69) is 17.1 Å². The van der Waals surface area contributed by atoms with Gasteiger partial charge in [0.2, 0.25) is 0 Å². The fraction of sp³-hybridized carbons (Fsp3) is 0.529. The number of nitrogens with one attached hydrogen (secondary N) is 1. The van der Waals surface area contributed by atoms with Crippen molar-refractivity contribution in [2.24, 2.45) is 0 Å². The fourth-order valence-electron chi connectivity index (χ4n) is 3.02. The lowest BCUT2D eigenvalue weighted by Gasteiger charge is -2.34. The van der Waals surface area contributed by atoms with Crippen LogP contribution >= 0.6 is 0 Å². The van der Waals surface area contributed by atoms with E-state index in [1.165, 1.54) is 0 Å². The van der Waals surface area contributed by atoms with Crippen LogP contribution in [0.3, 0.4) is 0 Å². The van der Waals surface area contributed by atoms with Crippen molar-refractivity contribution in [3.8, 4) is 0 Å². The normalized spacial score (nSPS) is 18.6. The van der Waals surface area contributed by atoms with Crippen molar-refractivity contribution in [3.05, 3.63) is 29.8 Å². The van der Waals surface area contributed by atoms with Crippen LogP contribution in [0.15, 0.2) is 24.3 Å². The third kappa shape index (κ3) is 3.79. The quantitative estimate of drug-likeness (QED) is 0.907. The van der Waals surface area contributed by atoms with Gasteiger partial charge in [0.15, 0.2) is 0 Å². The molecule has 0 aromatic heterocycles. The third-order valence-electron chi connectivity index (χ3n) is 4.53. The molecule has 7 nitrogen and oxygen atoms in total. The van der Waals surface area contributed by atoms with Crippen molar-refractivity contribution in [1.29, 1.82) is 0 Å². The molecule has 0 atom stereocenters. The highest BCUT2D eigenvalue weighted by molar-refractivity contribution is 5.89. The van der Waals surface area contributed by atoms with Crippen LogP contribution in [0.4, 0.5) is 15.3 Å². The minimum Gasteiger partial charge on any atom is -0.447 e. The standard InChI is InChI=1S/C17H24N4O3/c1-2-19-6-8-20(9-7-19)16(22)18-13-14-4-3-5-15(12-14)21-10-11-24-17(21)23/h3-5,12H,2,6-11,13H2,1H3,(H,18,22). The average molecular weight is 332 g/mol. The monoisotopic (exact) mass is 332 g/mol. The van der Waals surface area contributed by atoms with Gasteiger partial charge in [-0.1, -0.05) is 19.1 Å². The first kappa shape index (κ1) is 16.6. The van der Waals surface area contributed by atoms with Gasteiger partial charge >= 0.3 is 12.1 Å². The number of cyclic esters (lactones) is 1. The summed E-state index contributed by atoms with van der Waals surface area (Å²) in [7, 11) is 0. The van der Waals surface area contributed by atoms with Gasteiger partial charge in [-0.2, -0.15) is 0 Å². The number of anilines is 1. The van der Waals surface area contributed by atoms with Crippen LogP contribution in [0.25, 0.3) is 0 Å². The number of likely N-dealkylation sites (N-methyl/N-ethyl adjacent to an activating group) is 1. The number of benzene rings is 1. The minimum atomic E-state index is -0.315. The number of hydrogen-bond donors (Lipinski definition) is 1. The molecule has 0 saturated carbocycles. The zero-order chi connectivity index (χ0) is 16.9. The highest BCUT2D eigenvalue weighted by Gasteiger charge is 2.24. The summed E-state index contributed by atoms with van der Waals surface area (Å²) in [6, 6.07) is 7.60. The molecular weight excluding hydrogens is 308 g/mol. The van der Waals surface area contributed by atoms with Gasteiger partial charge in [-0.05, 0) is 24.2 Å². The number of piperazine rings is 1. The lowest BCUT2D eigenvalue weighted by atomic mass is 10.2. The molecule has 2 aliphatic rings. The molecule has 0 radical (unpaired) electrons. The van der Waals surface area contributed by atoms with E-state index in [-0.39, 0.29) is 12.1 Å². The molecule has 1 aromatic carbocycles. The Morgan fingerprint density at radius 2 is 2.00 bits per heavy atom. The van der Waals surface area contributed by atoms with E-state index in [0.29, 0.717) is 19.7 Å². The maximum absolute atomic E-state index is 12.3. The van der Waals surface area contributed by atoms with Gasteiger partial charge in [0.05, 0.1) is 6.54 Å². The number of ether oxygens (including phenoxy) is 1. The summed E-state index contributed by atoms with van der Waals surface area (Å²) < 4.78 is 4.96. The second-order valence-corrected chi connectivity index (χ2v) is 6.02. The highest BCUT2D eigenvalue weighted by atomic mass is 16.6. The van der Waals surface area contributed by atoms with Crippen molar-refractivity contribution < 1.29 is 14.3 Å². The van der Waals surface area contributed by atoms with Gasteiger partial charge < -0.3 is 19.9 Å². The third-order valence-corrected chi connectivity index (χ3v) is 4.53. The summed E-state index contributed by atoms with van der Waals surface area (Å²) >= 11 is 0. The number of rotatable bonds is 4. The number of amides is 3. The van der Waals surface area contributed by atoms with E-state index in [9.17, 15) is 9.59 Å². The van der Waals surface area contributed by atoms with Crippen LogP contribution in [-0.2, 0) is 11.3 Å². The van der Waals surface area contributed by atoms with E-state index in [0.717, 1.165) is 44.0 Å². The maximum atomic E-state index is 12.3. The van der Waals surface area contributed by atoms with Gasteiger partial charge in [0.1, 0.15) is 6.61 Å². The molecule has 1 aromatic rings. The van der Waals surface area contributed by atoms with Gasteiger partial charge in [0.25, 0.3) is 0 Å². The molecule has 2 saturated heterocycles. The molecule has 0 bridgehead atoms. The molecule has 2 heterocycles. The van der Waals surface area contributed by atoms with Crippen LogP contribution < -0.4 is 10.2 Å². The number of urea groups is 1. The SMILES string of the molecule is CCN1CCN(C(=O)NCc2cccc(N3CCOC3=O)c2)CC1. The van der Waals surface area contributed by atoms with Crippen LogP contribution in [0.5, 0.6) is 0 Å². The lowest BCUT2D eigenvalue weighted by molar-refractivity contribution is 0.142. The molecule has 7 heteroatoms. The molecule has 24 heavy (non-hydrogen) atoms. The average Bonchev–Trinajstić information content (AvgIpc) is 3.06. The van der Waals surface area contributed by atoms with E-state index in [1.54, 1.807) is 4.90 Å². The molecule has 0 spiro atoms. The Kier molecular flexibility index (Phi) is 5.20. The number of hydrogen-bond acceptors (Lipinski definition) is 4. The van der Waals surface area contributed by atoms with Crippen LogP contribution in [0, 0.1) is 0 Å². The zero-order valence-electron chi connectivity index (χ0n) is 14.0. The Bertz CT molecular complexity index is 599. The summed E-state index contributed by atoms with van der Waals surface area (Å²) in [5, 5.41) is 2.96. The Labute approximate surface area is 142 Å². The first-order valence-electron chi connectivity index (χ1n) is 8.45. The first-order valence-corrected chi connectivity index (χ1v) is 8.45. The van der Waals surface area contributed by atoms with E-state index in [1.807, 2.05) is 29.2 Å². The smallest absolute Gasteiger partial charge is 0.414 e. The van der Waals surface area contributed by atoms with E-state index < -0.39 is 0 Å². The predicted octanol–water partition coefficient (Wildman–Crippen LogP) is 1.49. The zero-order valence-corrected chi connectivity index (χ0v) is 14.0. The van der Waals surface area contributed by atoms with Gasteiger partial charge in [-0.3, -0.25) is 4.90 Å². The van der Waals surface area contributed by atoms with Crippen molar-refractivity contribution in [3.63, 3.8) is 0 Å². The minimum absolute atomic E-state index is 0.0308. The molecule has 1 N–H and O–H groups in total. The molecule has 0 unspecified atom stereocenters. The van der Waals surface area contributed by atoms with Crippen LogP contribution in [0.1, 0.15) is 12.5 Å². The molecular formula is C17H24N4O3. The Hall–Kier alpha value is -2.28. The number of carbonyl (C=O) groups is 2. The summed E-state index contributed by atoms with van der Waals surface area (Å²) in [5.41, 5.74) is 1.77. The summed E-state index contributed by atoms with van der Waals surface area (Å²) in [5.74, 6) is 0. The highest BCUT2D eigenvalue weighted by Crippen LogP contribution is 2.20. The fourth-order valence-corrected chi connectivity index (χ4v) is 3.02. The topological polar surface area (TPSA) is 65.1 Å². The summed E-state index contributed by atoms with van der Waals surface area (Å²) in [6.45, 7) is 7.98. The van der Waals surface area contributed by atoms with Crippen molar-refractivity contribution in [2.75, 3.05) is 50.8 Å². The summed E-state index contributed by atoms with van der Waals surface area (Å²) in [4.78, 5) is 29.7. The van der Waals surface area contributed by atoms with Crippen molar-refractivity contribution in [1.82, 2.24) is 15.1 Å². The van der Waals surface area contributed by atoms with Gasteiger partial charge in [-0.25, -0.2) is 9.59 Å². The van der Waals surface area contributed by atoms with Crippen molar-refractivity contribution >= 4 is 17.8 Å². The molecule has 2 fully saturated rings. The Morgan fingerprint density at radius 1 is 1.21 bits per heavy atom. The second-order valence-electron chi connectivity index (χ2n) is 6.02. The van der Waals surface area contributed by atoms with Crippen LogP contribution in [0.2, 0.25) is 0 Å². The Morgan fingerprint density at radius 3 is 2.67 bits per heavy atom.